The van der Waals surface area contributed by atoms with Crippen LogP contribution in [0.25, 0.3) is 0 Å². The van der Waals surface area contributed by atoms with Crippen molar-refractivity contribution in [3.63, 3.8) is 0 Å². The molecule has 1 aliphatic rings. The number of methoxy groups -OCH3 is 2. The average molecular weight is 448 g/mol. The van der Waals surface area contributed by atoms with Gasteiger partial charge in [-0.25, -0.2) is 0 Å². The Morgan fingerprint density at radius 3 is 2.32 bits per heavy atom. The van der Waals surface area contributed by atoms with Gasteiger partial charge in [-0.15, -0.1) is 0 Å². The molecule has 0 spiro atoms. The van der Waals surface area contributed by atoms with E-state index < -0.39 is 5.41 Å². The van der Waals surface area contributed by atoms with Crippen LogP contribution in [0.3, 0.4) is 0 Å². The Labute approximate surface area is 174 Å². The number of nitrogens with one attached hydrogen (secondary N) is 1. The summed E-state index contributed by atoms with van der Waals surface area (Å²) in [6.07, 6.45) is 1.33. The first-order valence-electron chi connectivity index (χ1n) is 9.37. The van der Waals surface area contributed by atoms with Crippen LogP contribution in [0.4, 0.5) is 0 Å². The topological polar surface area (TPSA) is 56.8 Å². The molecule has 1 atom stereocenters. The lowest BCUT2D eigenvalue weighted by Gasteiger charge is -2.37. The number of hydrogen-bond donors (Lipinski definition) is 1. The normalized spacial score (nSPS) is 16.9. The molecule has 0 aromatic heterocycles. The maximum absolute atomic E-state index is 13.4. The average Bonchev–Trinajstić information content (AvgIpc) is 2.74. The van der Waals surface area contributed by atoms with Crippen LogP contribution in [0.5, 0.6) is 11.5 Å². The van der Waals surface area contributed by atoms with Gasteiger partial charge in [0.1, 0.15) is 0 Å². The lowest BCUT2D eigenvalue weighted by atomic mass is 9.73. The molecule has 1 unspecified atom stereocenters. The summed E-state index contributed by atoms with van der Waals surface area (Å²) in [7, 11) is 3.21. The Morgan fingerprint density at radius 1 is 1.07 bits per heavy atom. The van der Waals surface area contributed by atoms with E-state index >= 15 is 0 Å². The first-order valence-corrected chi connectivity index (χ1v) is 10.2. The molecule has 1 saturated heterocycles. The lowest BCUT2D eigenvalue weighted by Crippen LogP contribution is -2.48. The molecule has 1 aliphatic heterocycles. The summed E-state index contributed by atoms with van der Waals surface area (Å²) in [6, 6.07) is 13.6. The van der Waals surface area contributed by atoms with Crippen molar-refractivity contribution in [2.75, 3.05) is 27.4 Å². The van der Waals surface area contributed by atoms with E-state index in [1.165, 1.54) is 0 Å². The minimum absolute atomic E-state index is 0.0282. The first kappa shape index (κ1) is 20.7. The van der Waals surface area contributed by atoms with Crippen LogP contribution >= 0.6 is 15.9 Å². The summed E-state index contributed by atoms with van der Waals surface area (Å²) in [6.45, 7) is 3.14. The number of benzene rings is 2. The zero-order chi connectivity index (χ0) is 20.1. The van der Waals surface area contributed by atoms with Crippen molar-refractivity contribution in [3.05, 3.63) is 58.1 Å². The molecule has 3 rings (SSSR count). The lowest BCUT2D eigenvalue weighted by molar-refractivity contribution is -0.131. The highest BCUT2D eigenvalue weighted by molar-refractivity contribution is 9.10. The monoisotopic (exact) mass is 447 g/mol. The number of rotatable bonds is 6. The van der Waals surface area contributed by atoms with Crippen molar-refractivity contribution in [3.8, 4) is 11.5 Å². The minimum atomic E-state index is -0.580. The van der Waals surface area contributed by atoms with E-state index in [-0.39, 0.29) is 11.9 Å². The highest BCUT2D eigenvalue weighted by Gasteiger charge is 2.42. The van der Waals surface area contributed by atoms with E-state index in [0.29, 0.717) is 37.6 Å². The van der Waals surface area contributed by atoms with Crippen molar-refractivity contribution < 1.29 is 19.0 Å². The Hall–Kier alpha value is -2.05. The molecule has 2 aromatic rings. The van der Waals surface area contributed by atoms with Crippen molar-refractivity contribution in [1.29, 1.82) is 0 Å². The molecule has 5 nitrogen and oxygen atoms in total. The van der Waals surface area contributed by atoms with Crippen molar-refractivity contribution >= 4 is 21.8 Å². The van der Waals surface area contributed by atoms with E-state index in [1.54, 1.807) is 14.2 Å². The van der Waals surface area contributed by atoms with Crippen LogP contribution in [-0.4, -0.2) is 33.3 Å². The van der Waals surface area contributed by atoms with Gasteiger partial charge in [0.15, 0.2) is 11.5 Å². The highest BCUT2D eigenvalue weighted by atomic mass is 79.9. The number of carbonyl (C=O) groups excluding carboxylic acids is 1. The van der Waals surface area contributed by atoms with Gasteiger partial charge in [-0.2, -0.15) is 0 Å². The van der Waals surface area contributed by atoms with E-state index in [2.05, 4.69) is 21.2 Å². The van der Waals surface area contributed by atoms with Gasteiger partial charge in [0.2, 0.25) is 5.91 Å². The molecule has 6 heteroatoms. The minimum Gasteiger partial charge on any atom is -0.493 e. The number of ether oxygens (including phenoxy) is 3. The Bertz CT molecular complexity index is 816. The molecule has 1 heterocycles. The number of carbonyl (C=O) groups is 1. The molecule has 0 radical (unpaired) electrons. The van der Waals surface area contributed by atoms with Crippen molar-refractivity contribution in [2.45, 2.75) is 31.2 Å². The van der Waals surface area contributed by atoms with Crippen LogP contribution in [0, 0.1) is 0 Å². The third-order valence-electron chi connectivity index (χ3n) is 5.43. The summed E-state index contributed by atoms with van der Waals surface area (Å²) >= 11 is 3.47. The fourth-order valence-electron chi connectivity index (χ4n) is 3.68. The molecular formula is C22H26BrNO4. The largest absolute Gasteiger partial charge is 0.493 e. The summed E-state index contributed by atoms with van der Waals surface area (Å²) < 4.78 is 17.2. The molecular weight excluding hydrogens is 422 g/mol. The Kier molecular flexibility index (Phi) is 6.62. The number of amides is 1. The van der Waals surface area contributed by atoms with Crippen molar-refractivity contribution in [1.82, 2.24) is 5.32 Å². The molecule has 28 heavy (non-hydrogen) atoms. The van der Waals surface area contributed by atoms with E-state index in [0.717, 1.165) is 15.6 Å². The molecule has 0 bridgehead atoms. The third kappa shape index (κ3) is 4.18. The molecule has 0 saturated carbocycles. The van der Waals surface area contributed by atoms with Gasteiger partial charge in [0, 0.05) is 17.7 Å². The predicted octanol–water partition coefficient (Wildman–Crippen LogP) is 4.39. The van der Waals surface area contributed by atoms with E-state index in [9.17, 15) is 4.79 Å². The van der Waals surface area contributed by atoms with Gasteiger partial charge >= 0.3 is 0 Å². The zero-order valence-corrected chi connectivity index (χ0v) is 18.0. The smallest absolute Gasteiger partial charge is 0.231 e. The second-order valence-electron chi connectivity index (χ2n) is 7.01. The van der Waals surface area contributed by atoms with Crippen LogP contribution in [0.15, 0.2) is 46.9 Å². The van der Waals surface area contributed by atoms with Crippen LogP contribution in [0.1, 0.15) is 36.9 Å². The number of hydrogen-bond acceptors (Lipinski definition) is 4. The van der Waals surface area contributed by atoms with Gasteiger partial charge < -0.3 is 19.5 Å². The van der Waals surface area contributed by atoms with Gasteiger partial charge in [0.25, 0.3) is 0 Å². The molecule has 0 aliphatic carbocycles. The molecule has 150 valence electrons. The fourth-order valence-corrected chi connectivity index (χ4v) is 3.94. The maximum atomic E-state index is 13.4. The van der Waals surface area contributed by atoms with Gasteiger partial charge in [0.05, 0.1) is 25.7 Å². The standard InChI is InChI=1S/C22H26BrNO4/c1-15(16-4-9-19(26-2)20(14-16)27-3)24-21(25)22(10-12-28-13-11-22)17-5-7-18(23)8-6-17/h4-9,14-15H,10-13H2,1-3H3,(H,24,25). The Morgan fingerprint density at radius 2 is 1.71 bits per heavy atom. The molecule has 1 amide bonds. The fraction of sp³-hybridized carbons (Fsp3) is 0.409. The summed E-state index contributed by atoms with van der Waals surface area (Å²) in [5.41, 5.74) is 1.41. The molecule has 1 fully saturated rings. The van der Waals surface area contributed by atoms with Gasteiger partial charge in [-0.1, -0.05) is 34.1 Å². The quantitative estimate of drug-likeness (QED) is 0.712. The summed E-state index contributed by atoms with van der Waals surface area (Å²) in [5, 5.41) is 3.21. The maximum Gasteiger partial charge on any atom is 0.231 e. The van der Waals surface area contributed by atoms with Crippen LogP contribution < -0.4 is 14.8 Å². The summed E-state index contributed by atoms with van der Waals surface area (Å²) in [4.78, 5) is 13.4. The van der Waals surface area contributed by atoms with E-state index in [1.807, 2.05) is 49.4 Å². The van der Waals surface area contributed by atoms with Crippen LogP contribution in [0.2, 0.25) is 0 Å². The number of halogens is 1. The first-order chi connectivity index (χ1) is 13.5. The SMILES string of the molecule is COc1ccc(C(C)NC(=O)C2(c3ccc(Br)cc3)CCOCC2)cc1OC. The van der Waals surface area contributed by atoms with Gasteiger partial charge in [-0.3, -0.25) is 4.79 Å². The second kappa shape index (κ2) is 8.97. The zero-order valence-electron chi connectivity index (χ0n) is 16.5. The van der Waals surface area contributed by atoms with Gasteiger partial charge in [-0.05, 0) is 55.2 Å². The van der Waals surface area contributed by atoms with Crippen molar-refractivity contribution in [2.24, 2.45) is 0 Å². The molecule has 2 aromatic carbocycles. The molecule has 1 N–H and O–H groups in total. The van der Waals surface area contributed by atoms with E-state index in [4.69, 9.17) is 14.2 Å². The highest BCUT2D eigenvalue weighted by Crippen LogP contribution is 2.37. The second-order valence-corrected chi connectivity index (χ2v) is 7.93. The predicted molar refractivity (Wildman–Crippen MR) is 112 cm³/mol. The summed E-state index contributed by atoms with van der Waals surface area (Å²) in [5.74, 6) is 1.34. The Balaban J connectivity index is 1.85. The third-order valence-corrected chi connectivity index (χ3v) is 5.96. The van der Waals surface area contributed by atoms with Crippen LogP contribution in [-0.2, 0) is 14.9 Å².